The smallest absolute Gasteiger partial charge is 0.344 e. The predicted octanol–water partition coefficient (Wildman–Crippen LogP) is 6.71. The first-order chi connectivity index (χ1) is 17.1. The van der Waals surface area contributed by atoms with Gasteiger partial charge >= 0.3 is 11.6 Å². The second-order valence-electron chi connectivity index (χ2n) is 8.55. The van der Waals surface area contributed by atoms with Crippen LogP contribution in [0.15, 0.2) is 88.1 Å². The summed E-state index contributed by atoms with van der Waals surface area (Å²) in [6, 6.07) is 24.6. The summed E-state index contributed by atoms with van der Waals surface area (Å²) in [7, 11) is 0. The summed E-state index contributed by atoms with van der Waals surface area (Å²) >= 11 is 0. The molecule has 180 valence electrons. The average Bonchev–Trinajstić information content (AvgIpc) is 2.89. The van der Waals surface area contributed by atoms with E-state index in [1.165, 1.54) is 12.5 Å². The predicted molar refractivity (Wildman–Crippen MR) is 137 cm³/mol. The number of benzene rings is 3. The van der Waals surface area contributed by atoms with Crippen molar-refractivity contribution in [3.63, 3.8) is 0 Å². The van der Waals surface area contributed by atoms with E-state index in [4.69, 9.17) is 13.9 Å². The van der Waals surface area contributed by atoms with Gasteiger partial charge in [-0.3, -0.25) is 0 Å². The van der Waals surface area contributed by atoms with E-state index in [9.17, 15) is 9.59 Å². The number of rotatable bonds is 11. The van der Waals surface area contributed by atoms with E-state index >= 15 is 0 Å². The van der Waals surface area contributed by atoms with Crippen LogP contribution < -0.4 is 10.4 Å². The molecule has 0 radical (unpaired) electrons. The van der Waals surface area contributed by atoms with E-state index in [0.29, 0.717) is 11.3 Å². The van der Waals surface area contributed by atoms with Crippen molar-refractivity contribution in [1.29, 1.82) is 0 Å². The molecule has 1 aromatic heterocycles. The van der Waals surface area contributed by atoms with E-state index in [1.807, 2.05) is 66.7 Å². The van der Waals surface area contributed by atoms with E-state index in [-0.39, 0.29) is 13.2 Å². The van der Waals surface area contributed by atoms with Crippen LogP contribution in [0.4, 0.5) is 0 Å². The number of ether oxygens (including phenoxy) is 2. The van der Waals surface area contributed by atoms with Crippen molar-refractivity contribution < 1.29 is 18.7 Å². The van der Waals surface area contributed by atoms with Crippen molar-refractivity contribution >= 4 is 16.9 Å². The van der Waals surface area contributed by atoms with Gasteiger partial charge in [-0.25, -0.2) is 9.59 Å². The number of aryl methyl sites for hydroxylation is 1. The van der Waals surface area contributed by atoms with Gasteiger partial charge < -0.3 is 13.9 Å². The summed E-state index contributed by atoms with van der Waals surface area (Å²) < 4.78 is 16.8. The van der Waals surface area contributed by atoms with Gasteiger partial charge in [0.15, 0.2) is 6.61 Å². The molecule has 0 aliphatic heterocycles. The maximum absolute atomic E-state index is 12.3. The molecule has 5 heteroatoms. The molecular weight excluding hydrogens is 440 g/mol. The van der Waals surface area contributed by atoms with Crippen LogP contribution in [0.25, 0.3) is 22.1 Å². The van der Waals surface area contributed by atoms with Crippen LogP contribution in [0.1, 0.15) is 43.7 Å². The summed E-state index contributed by atoms with van der Waals surface area (Å²) in [5.41, 5.74) is 3.66. The molecule has 35 heavy (non-hydrogen) atoms. The molecular formula is C30H30O5. The van der Waals surface area contributed by atoms with Crippen molar-refractivity contribution in [2.75, 3.05) is 6.61 Å². The van der Waals surface area contributed by atoms with Crippen molar-refractivity contribution in [2.45, 2.75) is 45.6 Å². The lowest BCUT2D eigenvalue weighted by Gasteiger charge is -2.14. The Kier molecular flexibility index (Phi) is 8.34. The number of unbranched alkanes of at least 4 members (excludes halogenated alkanes) is 3. The maximum atomic E-state index is 12.3. The van der Waals surface area contributed by atoms with Gasteiger partial charge in [0, 0.05) is 17.5 Å². The van der Waals surface area contributed by atoms with Crippen molar-refractivity contribution in [2.24, 2.45) is 0 Å². The molecule has 5 nitrogen and oxygen atoms in total. The number of carbonyl (C=O) groups excluding carboxylic acids is 1. The molecule has 0 fully saturated rings. The second-order valence-corrected chi connectivity index (χ2v) is 8.55. The first-order valence-electron chi connectivity index (χ1n) is 12.1. The largest absolute Gasteiger partial charge is 0.481 e. The van der Waals surface area contributed by atoms with E-state index in [1.54, 1.807) is 6.07 Å². The topological polar surface area (TPSA) is 65.7 Å². The molecule has 0 unspecified atom stereocenters. The molecule has 0 aliphatic carbocycles. The SMILES string of the molecule is CCCCCCc1cc2c(-c3ccccc3)cc(=O)oc2cc1OCC(=O)OCc1ccccc1. The number of hydrogen-bond donors (Lipinski definition) is 0. The molecule has 0 amide bonds. The highest BCUT2D eigenvalue weighted by molar-refractivity contribution is 5.94. The summed E-state index contributed by atoms with van der Waals surface area (Å²) in [5, 5.41) is 0.847. The lowest BCUT2D eigenvalue weighted by atomic mass is 9.98. The van der Waals surface area contributed by atoms with Gasteiger partial charge in [-0.1, -0.05) is 86.8 Å². The Morgan fingerprint density at radius 2 is 1.63 bits per heavy atom. The zero-order valence-electron chi connectivity index (χ0n) is 20.0. The Hall–Kier alpha value is -3.86. The van der Waals surface area contributed by atoms with Gasteiger partial charge in [0.2, 0.25) is 0 Å². The molecule has 4 aromatic rings. The van der Waals surface area contributed by atoms with E-state index in [2.05, 4.69) is 6.92 Å². The fourth-order valence-electron chi connectivity index (χ4n) is 4.08. The third kappa shape index (κ3) is 6.60. The minimum atomic E-state index is -0.453. The highest BCUT2D eigenvalue weighted by Crippen LogP contribution is 2.33. The maximum Gasteiger partial charge on any atom is 0.344 e. The molecule has 0 spiro atoms. The van der Waals surface area contributed by atoms with Crippen molar-refractivity contribution in [1.82, 2.24) is 0 Å². The summed E-state index contributed by atoms with van der Waals surface area (Å²) in [5.74, 6) is 0.0874. The van der Waals surface area contributed by atoms with Crippen LogP contribution in [0.5, 0.6) is 5.75 Å². The lowest BCUT2D eigenvalue weighted by Crippen LogP contribution is -2.15. The zero-order valence-corrected chi connectivity index (χ0v) is 20.0. The molecule has 0 aliphatic rings. The van der Waals surface area contributed by atoms with Gasteiger partial charge in [-0.2, -0.15) is 0 Å². The molecule has 1 heterocycles. The minimum absolute atomic E-state index is 0.194. The number of carbonyl (C=O) groups is 1. The highest BCUT2D eigenvalue weighted by atomic mass is 16.6. The second kappa shape index (κ2) is 12.0. The zero-order chi connectivity index (χ0) is 24.5. The van der Waals surface area contributed by atoms with Gasteiger partial charge in [-0.15, -0.1) is 0 Å². The van der Waals surface area contributed by atoms with Crippen LogP contribution in [0, 0.1) is 0 Å². The van der Waals surface area contributed by atoms with Gasteiger partial charge in [0.1, 0.15) is 17.9 Å². The normalized spacial score (nSPS) is 10.9. The Morgan fingerprint density at radius 3 is 2.37 bits per heavy atom. The standard InChI is InChI=1S/C30H30O5/c1-2-3-4-9-16-24-17-26-25(23-14-10-6-11-15-23)18-29(31)35-28(26)19-27(24)33-21-30(32)34-20-22-12-7-5-8-13-22/h5-8,10-15,17-19H,2-4,9,16,20-21H2,1H3. The third-order valence-corrected chi connectivity index (χ3v) is 5.90. The number of esters is 1. The molecule has 4 rings (SSSR count). The number of fused-ring (bicyclic) bond motifs is 1. The monoisotopic (exact) mass is 470 g/mol. The first-order valence-corrected chi connectivity index (χ1v) is 12.1. The Balaban J connectivity index is 1.59. The number of hydrogen-bond acceptors (Lipinski definition) is 5. The van der Waals surface area contributed by atoms with Crippen molar-refractivity contribution in [3.8, 4) is 16.9 Å². The summed E-state index contributed by atoms with van der Waals surface area (Å²) in [6.45, 7) is 2.16. The fourth-order valence-corrected chi connectivity index (χ4v) is 4.08. The molecule has 0 bridgehead atoms. The van der Waals surface area contributed by atoms with Crippen LogP contribution >= 0.6 is 0 Å². The average molecular weight is 471 g/mol. The Bertz CT molecular complexity index is 1310. The van der Waals surface area contributed by atoms with Crippen LogP contribution in [0.3, 0.4) is 0 Å². The Labute approximate surface area is 205 Å². The van der Waals surface area contributed by atoms with Gasteiger partial charge in [0.05, 0.1) is 0 Å². The van der Waals surface area contributed by atoms with Gasteiger partial charge in [-0.05, 0) is 41.2 Å². The summed E-state index contributed by atoms with van der Waals surface area (Å²) in [4.78, 5) is 24.7. The van der Waals surface area contributed by atoms with E-state index in [0.717, 1.165) is 53.3 Å². The molecule has 0 saturated heterocycles. The summed E-state index contributed by atoms with van der Waals surface area (Å²) in [6.07, 6.45) is 5.24. The van der Waals surface area contributed by atoms with Crippen LogP contribution in [0.2, 0.25) is 0 Å². The minimum Gasteiger partial charge on any atom is -0.481 e. The molecule has 3 aromatic carbocycles. The highest BCUT2D eigenvalue weighted by Gasteiger charge is 2.15. The van der Waals surface area contributed by atoms with Crippen LogP contribution in [-0.2, 0) is 22.6 Å². The first kappa shape index (κ1) is 24.3. The molecule has 0 N–H and O–H groups in total. The molecule has 0 atom stereocenters. The molecule has 0 saturated carbocycles. The van der Waals surface area contributed by atoms with Crippen molar-refractivity contribution in [3.05, 3.63) is 100 Å². The van der Waals surface area contributed by atoms with E-state index < -0.39 is 11.6 Å². The lowest BCUT2D eigenvalue weighted by molar-refractivity contribution is -0.147. The quantitative estimate of drug-likeness (QED) is 0.139. The van der Waals surface area contributed by atoms with Crippen LogP contribution in [-0.4, -0.2) is 12.6 Å². The van der Waals surface area contributed by atoms with Gasteiger partial charge in [0.25, 0.3) is 0 Å². The fraction of sp³-hybridized carbons (Fsp3) is 0.267. The third-order valence-electron chi connectivity index (χ3n) is 5.90. The Morgan fingerprint density at radius 1 is 0.886 bits per heavy atom.